The molecule has 3 atom stereocenters. The molecule has 3 unspecified atom stereocenters. The van der Waals surface area contributed by atoms with E-state index in [1.807, 2.05) is 0 Å². The first-order chi connectivity index (χ1) is 6.66. The highest BCUT2D eigenvalue weighted by molar-refractivity contribution is 5.79. The summed E-state index contributed by atoms with van der Waals surface area (Å²) in [5.74, 6) is 0.251. The van der Waals surface area contributed by atoms with Gasteiger partial charge in [0.25, 0.3) is 0 Å². The lowest BCUT2D eigenvalue weighted by Crippen LogP contribution is -2.34. The molecule has 1 aliphatic heterocycles. The van der Waals surface area contributed by atoms with Crippen molar-refractivity contribution in [2.75, 3.05) is 13.1 Å². The van der Waals surface area contributed by atoms with Gasteiger partial charge in [-0.25, -0.2) is 0 Å². The molecule has 1 saturated carbocycles. The van der Waals surface area contributed by atoms with Crippen LogP contribution in [-0.4, -0.2) is 46.3 Å². The molecule has 1 heterocycles. The fraction of sp³-hybridized carbons (Fsp3) is 0.900. The molecule has 1 aliphatic carbocycles. The SMILES string of the molecule is O=C1CC(O)CN1CC1CCCC1O. The predicted molar refractivity (Wildman–Crippen MR) is 50.6 cm³/mol. The van der Waals surface area contributed by atoms with Gasteiger partial charge in [-0.15, -0.1) is 0 Å². The Balaban J connectivity index is 1.88. The fourth-order valence-electron chi connectivity index (χ4n) is 2.44. The molecule has 0 aromatic rings. The molecule has 4 nitrogen and oxygen atoms in total. The standard InChI is InChI=1S/C10H17NO3/c12-8-4-10(14)11(6-8)5-7-2-1-3-9(7)13/h7-9,12-13H,1-6H2. The van der Waals surface area contributed by atoms with Gasteiger partial charge in [0, 0.05) is 19.0 Å². The first-order valence-corrected chi connectivity index (χ1v) is 5.30. The molecule has 2 N–H and O–H groups in total. The van der Waals surface area contributed by atoms with Crippen LogP contribution in [0.15, 0.2) is 0 Å². The van der Waals surface area contributed by atoms with Gasteiger partial charge in [-0.1, -0.05) is 6.42 Å². The lowest BCUT2D eigenvalue weighted by atomic mass is 10.1. The van der Waals surface area contributed by atoms with Gasteiger partial charge in [-0.05, 0) is 12.8 Å². The zero-order chi connectivity index (χ0) is 10.1. The topological polar surface area (TPSA) is 60.8 Å². The summed E-state index contributed by atoms with van der Waals surface area (Å²) in [4.78, 5) is 13.0. The van der Waals surface area contributed by atoms with Crippen molar-refractivity contribution < 1.29 is 15.0 Å². The predicted octanol–water partition coefficient (Wildman–Crippen LogP) is -0.259. The summed E-state index contributed by atoms with van der Waals surface area (Å²) in [6.45, 7) is 1.07. The monoisotopic (exact) mass is 199 g/mol. The Kier molecular flexibility index (Phi) is 2.74. The van der Waals surface area contributed by atoms with Crippen molar-refractivity contribution >= 4 is 5.91 Å². The number of likely N-dealkylation sites (tertiary alicyclic amines) is 1. The van der Waals surface area contributed by atoms with E-state index in [1.54, 1.807) is 4.90 Å². The van der Waals surface area contributed by atoms with Crippen LogP contribution in [0.3, 0.4) is 0 Å². The molecule has 2 aliphatic rings. The third kappa shape index (κ3) is 1.91. The van der Waals surface area contributed by atoms with Crippen LogP contribution >= 0.6 is 0 Å². The van der Waals surface area contributed by atoms with E-state index in [4.69, 9.17) is 0 Å². The number of amides is 1. The molecule has 1 saturated heterocycles. The van der Waals surface area contributed by atoms with Crippen molar-refractivity contribution in [3.8, 4) is 0 Å². The minimum absolute atomic E-state index is 0.0246. The van der Waals surface area contributed by atoms with Crippen molar-refractivity contribution in [3.05, 3.63) is 0 Å². The largest absolute Gasteiger partial charge is 0.393 e. The van der Waals surface area contributed by atoms with Crippen molar-refractivity contribution in [1.29, 1.82) is 0 Å². The number of carbonyl (C=O) groups excluding carboxylic acids is 1. The first kappa shape index (κ1) is 9.93. The van der Waals surface area contributed by atoms with Crippen molar-refractivity contribution in [2.45, 2.75) is 37.9 Å². The quantitative estimate of drug-likeness (QED) is 0.644. The second-order valence-corrected chi connectivity index (χ2v) is 4.42. The van der Waals surface area contributed by atoms with E-state index >= 15 is 0 Å². The maximum Gasteiger partial charge on any atom is 0.225 e. The summed E-state index contributed by atoms with van der Waals surface area (Å²) >= 11 is 0. The summed E-state index contributed by atoms with van der Waals surface area (Å²) < 4.78 is 0. The summed E-state index contributed by atoms with van der Waals surface area (Å²) in [7, 11) is 0. The highest BCUT2D eigenvalue weighted by atomic mass is 16.3. The average molecular weight is 199 g/mol. The van der Waals surface area contributed by atoms with Gasteiger partial charge in [0.15, 0.2) is 0 Å². The smallest absolute Gasteiger partial charge is 0.225 e. The Labute approximate surface area is 83.5 Å². The summed E-state index contributed by atoms with van der Waals surface area (Å²) in [5.41, 5.74) is 0. The van der Waals surface area contributed by atoms with Gasteiger partial charge in [-0.3, -0.25) is 4.79 Å². The molecule has 0 radical (unpaired) electrons. The lowest BCUT2D eigenvalue weighted by molar-refractivity contribution is -0.128. The number of nitrogens with zero attached hydrogens (tertiary/aromatic N) is 1. The Bertz CT molecular complexity index is 231. The molecule has 4 heteroatoms. The number of hydrogen-bond acceptors (Lipinski definition) is 3. The van der Waals surface area contributed by atoms with Gasteiger partial charge >= 0.3 is 0 Å². The van der Waals surface area contributed by atoms with Crippen LogP contribution in [0, 0.1) is 5.92 Å². The molecule has 0 aromatic heterocycles. The lowest BCUT2D eigenvalue weighted by Gasteiger charge is -2.22. The van der Waals surface area contributed by atoms with Crippen molar-refractivity contribution in [3.63, 3.8) is 0 Å². The zero-order valence-corrected chi connectivity index (χ0v) is 8.22. The molecule has 0 spiro atoms. The Morgan fingerprint density at radius 1 is 1.36 bits per heavy atom. The molecule has 0 aromatic carbocycles. The van der Waals surface area contributed by atoms with E-state index < -0.39 is 6.10 Å². The van der Waals surface area contributed by atoms with Crippen LogP contribution in [0.4, 0.5) is 0 Å². The first-order valence-electron chi connectivity index (χ1n) is 5.30. The normalized spacial score (nSPS) is 38.3. The van der Waals surface area contributed by atoms with Crippen molar-refractivity contribution in [2.24, 2.45) is 5.92 Å². The molecule has 2 rings (SSSR count). The molecule has 0 bridgehead atoms. The number of carbonyl (C=O) groups is 1. The molecule has 1 amide bonds. The molecular weight excluding hydrogens is 182 g/mol. The summed E-state index contributed by atoms with van der Waals surface area (Å²) in [6, 6.07) is 0. The maximum absolute atomic E-state index is 11.4. The molecule has 80 valence electrons. The van der Waals surface area contributed by atoms with Gasteiger partial charge in [0.2, 0.25) is 5.91 Å². The molecular formula is C10H17NO3. The van der Waals surface area contributed by atoms with Crippen LogP contribution in [0.5, 0.6) is 0 Å². The zero-order valence-electron chi connectivity index (χ0n) is 8.22. The number of aliphatic hydroxyl groups excluding tert-OH is 2. The highest BCUT2D eigenvalue weighted by Crippen LogP contribution is 2.27. The van der Waals surface area contributed by atoms with E-state index in [2.05, 4.69) is 0 Å². The van der Waals surface area contributed by atoms with Crippen LogP contribution in [0.25, 0.3) is 0 Å². The van der Waals surface area contributed by atoms with Gasteiger partial charge in [-0.2, -0.15) is 0 Å². The van der Waals surface area contributed by atoms with E-state index in [0.29, 0.717) is 13.1 Å². The Morgan fingerprint density at radius 2 is 2.14 bits per heavy atom. The number of β-amino-alcohol motifs (C(OH)–C–C–N with tert-alkyl or cyclic N) is 1. The second kappa shape index (κ2) is 3.87. The van der Waals surface area contributed by atoms with E-state index in [-0.39, 0.29) is 24.3 Å². The Morgan fingerprint density at radius 3 is 2.64 bits per heavy atom. The molecule has 2 fully saturated rings. The molecule has 14 heavy (non-hydrogen) atoms. The van der Waals surface area contributed by atoms with Crippen molar-refractivity contribution in [1.82, 2.24) is 4.90 Å². The Hall–Kier alpha value is -0.610. The van der Waals surface area contributed by atoms with E-state index in [9.17, 15) is 15.0 Å². The summed E-state index contributed by atoms with van der Waals surface area (Å²) in [6.07, 6.45) is 2.41. The minimum atomic E-state index is -0.499. The van der Waals surface area contributed by atoms with Crippen LogP contribution in [0.2, 0.25) is 0 Å². The van der Waals surface area contributed by atoms with Crippen LogP contribution < -0.4 is 0 Å². The van der Waals surface area contributed by atoms with Gasteiger partial charge in [0.1, 0.15) is 0 Å². The van der Waals surface area contributed by atoms with Crippen LogP contribution in [-0.2, 0) is 4.79 Å². The van der Waals surface area contributed by atoms with Crippen LogP contribution in [0.1, 0.15) is 25.7 Å². The number of hydrogen-bond donors (Lipinski definition) is 2. The van der Waals surface area contributed by atoms with Gasteiger partial charge < -0.3 is 15.1 Å². The number of aliphatic hydroxyl groups is 2. The second-order valence-electron chi connectivity index (χ2n) is 4.42. The third-order valence-electron chi connectivity index (χ3n) is 3.27. The summed E-state index contributed by atoms with van der Waals surface area (Å²) in [5, 5.41) is 18.9. The highest BCUT2D eigenvalue weighted by Gasteiger charge is 2.33. The van der Waals surface area contributed by atoms with E-state index in [0.717, 1.165) is 19.3 Å². The fourth-order valence-corrected chi connectivity index (χ4v) is 2.44. The average Bonchev–Trinajstić information content (AvgIpc) is 2.62. The van der Waals surface area contributed by atoms with E-state index in [1.165, 1.54) is 0 Å². The van der Waals surface area contributed by atoms with Gasteiger partial charge in [0.05, 0.1) is 18.6 Å². The third-order valence-corrected chi connectivity index (χ3v) is 3.27. The minimum Gasteiger partial charge on any atom is -0.393 e. The maximum atomic E-state index is 11.4. The number of rotatable bonds is 2.